The Morgan fingerprint density at radius 2 is 2.10 bits per heavy atom. The van der Waals surface area contributed by atoms with E-state index in [-0.39, 0.29) is 17.5 Å². The van der Waals surface area contributed by atoms with E-state index in [4.69, 9.17) is 10.5 Å². The summed E-state index contributed by atoms with van der Waals surface area (Å²) in [7, 11) is 0. The number of rotatable bonds is 4. The maximum atomic E-state index is 11.1. The molecule has 2 N–H and O–H groups in total. The number of nitrogens with zero attached hydrogens (tertiary/aromatic N) is 2. The van der Waals surface area contributed by atoms with Gasteiger partial charge in [-0.2, -0.15) is 0 Å². The molecule has 6 nitrogen and oxygen atoms in total. The number of aromatic nitrogens is 1. The van der Waals surface area contributed by atoms with Crippen LogP contribution in [0, 0.1) is 17.0 Å². The van der Waals surface area contributed by atoms with E-state index in [1.807, 2.05) is 6.92 Å². The molecule has 0 saturated carbocycles. The zero-order valence-corrected chi connectivity index (χ0v) is 11.2. The molecule has 6 heteroatoms. The SMILES string of the molecule is Cc1cccc(Oc2ccc([C@H](C)N)nc2)c1[N+](=O)[O-]. The Kier molecular flexibility index (Phi) is 3.95. The van der Waals surface area contributed by atoms with Crippen molar-refractivity contribution in [2.24, 2.45) is 5.73 Å². The Balaban J connectivity index is 2.30. The van der Waals surface area contributed by atoms with Gasteiger partial charge in [0, 0.05) is 11.6 Å². The lowest BCUT2D eigenvalue weighted by Crippen LogP contribution is -2.06. The number of nitrogens with two attached hydrogens (primary N) is 1. The third-order valence-corrected chi connectivity index (χ3v) is 2.84. The highest BCUT2D eigenvalue weighted by molar-refractivity contribution is 5.53. The normalized spacial score (nSPS) is 11.9. The van der Waals surface area contributed by atoms with Gasteiger partial charge >= 0.3 is 5.69 Å². The van der Waals surface area contributed by atoms with Crippen molar-refractivity contribution < 1.29 is 9.66 Å². The van der Waals surface area contributed by atoms with E-state index in [9.17, 15) is 10.1 Å². The summed E-state index contributed by atoms with van der Waals surface area (Å²) in [6.45, 7) is 3.50. The molecule has 1 aromatic carbocycles. The summed E-state index contributed by atoms with van der Waals surface area (Å²) < 4.78 is 5.54. The predicted molar refractivity (Wildman–Crippen MR) is 74.7 cm³/mol. The van der Waals surface area contributed by atoms with E-state index >= 15 is 0 Å². The van der Waals surface area contributed by atoms with Gasteiger partial charge in [-0.15, -0.1) is 0 Å². The lowest BCUT2D eigenvalue weighted by Gasteiger charge is -2.09. The second-order valence-electron chi connectivity index (χ2n) is 4.49. The van der Waals surface area contributed by atoms with Crippen molar-refractivity contribution in [1.29, 1.82) is 0 Å². The lowest BCUT2D eigenvalue weighted by atomic mass is 10.2. The second kappa shape index (κ2) is 5.66. The molecule has 0 aliphatic carbocycles. The monoisotopic (exact) mass is 273 g/mol. The highest BCUT2D eigenvalue weighted by atomic mass is 16.6. The van der Waals surface area contributed by atoms with Crippen LogP contribution >= 0.6 is 0 Å². The molecule has 104 valence electrons. The number of ether oxygens (including phenoxy) is 1. The summed E-state index contributed by atoms with van der Waals surface area (Å²) in [5, 5.41) is 11.1. The number of nitro groups is 1. The molecule has 0 radical (unpaired) electrons. The van der Waals surface area contributed by atoms with Gasteiger partial charge in [0.15, 0.2) is 0 Å². The van der Waals surface area contributed by atoms with Crippen LogP contribution in [0.5, 0.6) is 11.5 Å². The van der Waals surface area contributed by atoms with Gasteiger partial charge in [-0.05, 0) is 32.0 Å². The van der Waals surface area contributed by atoms with Crippen LogP contribution in [0.3, 0.4) is 0 Å². The standard InChI is InChI=1S/C14H15N3O3/c1-9-4-3-5-13(14(9)17(18)19)20-11-6-7-12(10(2)15)16-8-11/h3-8,10H,15H2,1-2H3/t10-/m0/s1. The van der Waals surface area contributed by atoms with Crippen molar-refractivity contribution in [3.63, 3.8) is 0 Å². The molecule has 0 saturated heterocycles. The molecule has 0 amide bonds. The first-order valence-corrected chi connectivity index (χ1v) is 6.12. The van der Waals surface area contributed by atoms with E-state index in [0.717, 1.165) is 5.69 Å². The maximum Gasteiger partial charge on any atom is 0.314 e. The number of nitro benzene ring substituents is 1. The van der Waals surface area contributed by atoms with Crippen LogP contribution in [0.15, 0.2) is 36.5 Å². The fourth-order valence-electron chi connectivity index (χ4n) is 1.80. The molecule has 1 aromatic heterocycles. The third-order valence-electron chi connectivity index (χ3n) is 2.84. The van der Waals surface area contributed by atoms with Crippen molar-refractivity contribution in [2.45, 2.75) is 19.9 Å². The third kappa shape index (κ3) is 2.92. The number of hydrogen-bond acceptors (Lipinski definition) is 5. The quantitative estimate of drug-likeness (QED) is 0.682. The highest BCUT2D eigenvalue weighted by Gasteiger charge is 2.18. The maximum absolute atomic E-state index is 11.1. The van der Waals surface area contributed by atoms with Crippen molar-refractivity contribution >= 4 is 5.69 Å². The summed E-state index contributed by atoms with van der Waals surface area (Å²) in [4.78, 5) is 14.8. The van der Waals surface area contributed by atoms with Gasteiger partial charge in [-0.3, -0.25) is 15.1 Å². The minimum Gasteiger partial charge on any atom is -0.448 e. The number of hydrogen-bond donors (Lipinski definition) is 1. The summed E-state index contributed by atoms with van der Waals surface area (Å²) >= 11 is 0. The van der Waals surface area contributed by atoms with E-state index in [2.05, 4.69) is 4.98 Å². The molecule has 20 heavy (non-hydrogen) atoms. The molecule has 2 aromatic rings. The number of para-hydroxylation sites is 1. The van der Waals surface area contributed by atoms with Gasteiger partial charge in [0.25, 0.3) is 0 Å². The second-order valence-corrected chi connectivity index (χ2v) is 4.49. The van der Waals surface area contributed by atoms with Crippen molar-refractivity contribution in [3.8, 4) is 11.5 Å². The van der Waals surface area contributed by atoms with Crippen LogP contribution in [0.1, 0.15) is 24.2 Å². The molecule has 0 fully saturated rings. The fraction of sp³-hybridized carbons (Fsp3) is 0.214. The Labute approximate surface area is 116 Å². The summed E-state index contributed by atoms with van der Waals surface area (Å²) in [5.74, 6) is 0.633. The molecule has 1 heterocycles. The molecule has 2 rings (SSSR count). The van der Waals surface area contributed by atoms with Gasteiger partial charge in [-0.25, -0.2) is 0 Å². The molecule has 1 atom stereocenters. The van der Waals surface area contributed by atoms with Gasteiger partial charge in [0.2, 0.25) is 5.75 Å². The molecule has 0 bridgehead atoms. The smallest absolute Gasteiger partial charge is 0.314 e. The van der Waals surface area contributed by atoms with Crippen molar-refractivity contribution in [2.75, 3.05) is 0 Å². The topological polar surface area (TPSA) is 91.3 Å². The Bertz CT molecular complexity index is 624. The van der Waals surface area contributed by atoms with Crippen LogP contribution in [0.4, 0.5) is 5.69 Å². The molecular formula is C14H15N3O3. The average Bonchev–Trinajstić information content (AvgIpc) is 2.39. The number of benzene rings is 1. The lowest BCUT2D eigenvalue weighted by molar-refractivity contribution is -0.386. The molecular weight excluding hydrogens is 258 g/mol. The summed E-state index contributed by atoms with van der Waals surface area (Å²) in [6, 6.07) is 8.20. The van der Waals surface area contributed by atoms with Gasteiger partial charge in [0.05, 0.1) is 16.8 Å². The first-order chi connectivity index (χ1) is 9.49. The zero-order valence-electron chi connectivity index (χ0n) is 11.2. The van der Waals surface area contributed by atoms with Crippen LogP contribution in [-0.4, -0.2) is 9.91 Å². The summed E-state index contributed by atoms with van der Waals surface area (Å²) in [5.41, 5.74) is 6.95. The first kappa shape index (κ1) is 14.0. The predicted octanol–water partition coefficient (Wildman–Crippen LogP) is 3.11. The largest absolute Gasteiger partial charge is 0.448 e. The Morgan fingerprint density at radius 1 is 1.35 bits per heavy atom. The minimum atomic E-state index is -0.450. The number of aryl methyl sites for hydroxylation is 1. The van der Waals surface area contributed by atoms with Gasteiger partial charge in [-0.1, -0.05) is 12.1 Å². The van der Waals surface area contributed by atoms with E-state index < -0.39 is 4.92 Å². The van der Waals surface area contributed by atoms with Crippen LogP contribution in [0.25, 0.3) is 0 Å². The van der Waals surface area contributed by atoms with Crippen molar-refractivity contribution in [1.82, 2.24) is 4.98 Å². The van der Waals surface area contributed by atoms with Crippen molar-refractivity contribution in [3.05, 3.63) is 57.9 Å². The van der Waals surface area contributed by atoms with Crippen LogP contribution < -0.4 is 10.5 Å². The van der Waals surface area contributed by atoms with Gasteiger partial charge < -0.3 is 10.5 Å². The molecule has 0 aliphatic heterocycles. The molecule has 0 aliphatic rings. The van der Waals surface area contributed by atoms with E-state index in [0.29, 0.717) is 11.3 Å². The molecule has 0 spiro atoms. The fourth-order valence-corrected chi connectivity index (χ4v) is 1.80. The average molecular weight is 273 g/mol. The van der Waals surface area contributed by atoms with E-state index in [1.165, 1.54) is 6.20 Å². The molecule has 0 unspecified atom stereocenters. The zero-order chi connectivity index (χ0) is 14.7. The van der Waals surface area contributed by atoms with E-state index in [1.54, 1.807) is 37.3 Å². The van der Waals surface area contributed by atoms with Crippen LogP contribution in [0.2, 0.25) is 0 Å². The Hall–Kier alpha value is -2.47. The van der Waals surface area contributed by atoms with Crippen LogP contribution in [-0.2, 0) is 0 Å². The van der Waals surface area contributed by atoms with Gasteiger partial charge in [0.1, 0.15) is 5.75 Å². The first-order valence-electron chi connectivity index (χ1n) is 6.12. The summed E-state index contributed by atoms with van der Waals surface area (Å²) in [6.07, 6.45) is 1.50. The Morgan fingerprint density at radius 3 is 2.65 bits per heavy atom. The minimum absolute atomic E-state index is 0.0382. The highest BCUT2D eigenvalue weighted by Crippen LogP contribution is 2.33. The number of pyridine rings is 1.